The molecule has 0 aromatic heterocycles. The van der Waals surface area contributed by atoms with Crippen molar-refractivity contribution in [1.82, 2.24) is 0 Å². The van der Waals surface area contributed by atoms with E-state index < -0.39 is 5.97 Å². The van der Waals surface area contributed by atoms with E-state index in [2.05, 4.69) is 29.6 Å². The van der Waals surface area contributed by atoms with Crippen molar-refractivity contribution in [1.29, 1.82) is 0 Å². The lowest BCUT2D eigenvalue weighted by atomic mass is 10.2. The second-order valence-corrected chi connectivity index (χ2v) is 2.85. The normalized spacial score (nSPS) is 12.1. The first-order valence-electron chi connectivity index (χ1n) is 4.21. The number of rotatable bonds is 0. The van der Waals surface area contributed by atoms with Gasteiger partial charge in [-0.05, 0) is 18.1 Å². The summed E-state index contributed by atoms with van der Waals surface area (Å²) in [6, 6.07) is 8.46. The van der Waals surface area contributed by atoms with Crippen LogP contribution in [0.5, 0.6) is 0 Å². The van der Waals surface area contributed by atoms with E-state index in [9.17, 15) is 0 Å². The van der Waals surface area contributed by atoms with Crippen LogP contribution in [0.2, 0.25) is 0 Å². The molecule has 3 heteroatoms. The zero-order valence-corrected chi connectivity index (χ0v) is 7.58. The van der Waals surface area contributed by atoms with Crippen LogP contribution in [-0.2, 0) is 11.2 Å². The van der Waals surface area contributed by atoms with E-state index in [-0.39, 0.29) is 0 Å². The first-order chi connectivity index (χ1) is 6.20. The minimum Gasteiger partial charge on any atom is -0.481 e. The van der Waals surface area contributed by atoms with Crippen molar-refractivity contribution < 1.29 is 9.90 Å². The molecule has 13 heavy (non-hydrogen) atoms. The third-order valence-electron chi connectivity index (χ3n) is 1.73. The molecule has 1 aliphatic rings. The highest BCUT2D eigenvalue weighted by Crippen LogP contribution is 2.19. The molecular weight excluding hydrogens is 166 g/mol. The van der Waals surface area contributed by atoms with Gasteiger partial charge in [-0.2, -0.15) is 0 Å². The van der Waals surface area contributed by atoms with Crippen molar-refractivity contribution in [3.8, 4) is 0 Å². The van der Waals surface area contributed by atoms with Gasteiger partial charge in [0.1, 0.15) is 0 Å². The van der Waals surface area contributed by atoms with Crippen LogP contribution in [0.25, 0.3) is 0 Å². The predicted molar refractivity (Wildman–Crippen MR) is 51.9 cm³/mol. The lowest BCUT2D eigenvalue weighted by Crippen LogP contribution is -1.90. The molecule has 0 saturated heterocycles. The van der Waals surface area contributed by atoms with Gasteiger partial charge in [-0.3, -0.25) is 4.79 Å². The molecule has 0 amide bonds. The minimum atomic E-state index is -0.833. The number of benzene rings is 1. The van der Waals surface area contributed by atoms with Crippen LogP contribution in [0.4, 0.5) is 5.69 Å². The molecule has 0 atom stereocenters. The molecule has 0 aliphatic carbocycles. The Balaban J connectivity index is 0.000000184. The zero-order valence-electron chi connectivity index (χ0n) is 7.58. The molecule has 0 spiro atoms. The maximum atomic E-state index is 9.00. The van der Waals surface area contributed by atoms with Crippen LogP contribution in [0.3, 0.4) is 0 Å². The third kappa shape index (κ3) is 3.15. The zero-order chi connectivity index (χ0) is 9.68. The van der Waals surface area contributed by atoms with Crippen molar-refractivity contribution in [2.45, 2.75) is 13.3 Å². The predicted octanol–water partition coefficient (Wildman–Crippen LogP) is 1.75. The number of anilines is 1. The Morgan fingerprint density at radius 3 is 2.69 bits per heavy atom. The number of carboxylic acid groups (broad SMARTS) is 1. The minimum absolute atomic E-state index is 0.833. The number of carbonyl (C=O) groups is 1. The Labute approximate surface area is 77.4 Å². The molecule has 0 fully saturated rings. The van der Waals surface area contributed by atoms with E-state index in [0.717, 1.165) is 13.5 Å². The Morgan fingerprint density at radius 1 is 1.46 bits per heavy atom. The van der Waals surface area contributed by atoms with Crippen LogP contribution in [-0.4, -0.2) is 17.6 Å². The second kappa shape index (κ2) is 4.50. The maximum absolute atomic E-state index is 9.00. The number of para-hydroxylation sites is 1. The largest absolute Gasteiger partial charge is 0.481 e. The maximum Gasteiger partial charge on any atom is 0.300 e. The smallest absolute Gasteiger partial charge is 0.300 e. The number of hydrogen-bond acceptors (Lipinski definition) is 2. The van der Waals surface area contributed by atoms with Gasteiger partial charge in [0.25, 0.3) is 5.97 Å². The Bertz CT molecular complexity index is 270. The molecular formula is C10H13NO2. The van der Waals surface area contributed by atoms with Gasteiger partial charge in [0.2, 0.25) is 0 Å². The number of aliphatic carboxylic acids is 1. The Hall–Kier alpha value is -1.51. The van der Waals surface area contributed by atoms with E-state index in [0.29, 0.717) is 0 Å². The van der Waals surface area contributed by atoms with Crippen LogP contribution in [0.15, 0.2) is 24.3 Å². The molecule has 0 saturated carbocycles. The van der Waals surface area contributed by atoms with E-state index in [1.165, 1.54) is 17.7 Å². The average Bonchev–Trinajstić information content (AvgIpc) is 2.49. The number of carboxylic acids is 1. The molecule has 0 bridgehead atoms. The first-order valence-corrected chi connectivity index (χ1v) is 4.21. The highest BCUT2D eigenvalue weighted by atomic mass is 16.4. The van der Waals surface area contributed by atoms with Crippen molar-refractivity contribution in [3.05, 3.63) is 29.8 Å². The first kappa shape index (κ1) is 9.58. The van der Waals surface area contributed by atoms with E-state index >= 15 is 0 Å². The van der Waals surface area contributed by atoms with Gasteiger partial charge in [0.05, 0.1) is 0 Å². The summed E-state index contributed by atoms with van der Waals surface area (Å²) in [4.78, 5) is 9.00. The summed E-state index contributed by atoms with van der Waals surface area (Å²) in [7, 11) is 0. The average molecular weight is 179 g/mol. The second-order valence-electron chi connectivity index (χ2n) is 2.85. The molecule has 2 rings (SSSR count). The van der Waals surface area contributed by atoms with Gasteiger partial charge < -0.3 is 10.4 Å². The molecule has 1 aromatic rings. The number of nitrogens with one attached hydrogen (secondary N) is 1. The van der Waals surface area contributed by atoms with Crippen LogP contribution in [0, 0.1) is 0 Å². The highest BCUT2D eigenvalue weighted by Gasteiger charge is 2.05. The fourth-order valence-electron chi connectivity index (χ4n) is 1.24. The van der Waals surface area contributed by atoms with Gasteiger partial charge in [-0.15, -0.1) is 0 Å². The molecule has 0 unspecified atom stereocenters. The molecule has 0 radical (unpaired) electrons. The summed E-state index contributed by atoms with van der Waals surface area (Å²) in [5.41, 5.74) is 2.77. The Morgan fingerprint density at radius 2 is 2.08 bits per heavy atom. The summed E-state index contributed by atoms with van der Waals surface area (Å²) in [5.74, 6) is -0.833. The summed E-state index contributed by atoms with van der Waals surface area (Å²) in [6.45, 7) is 2.19. The molecule has 1 heterocycles. The van der Waals surface area contributed by atoms with E-state index in [1.807, 2.05) is 0 Å². The lowest BCUT2D eigenvalue weighted by Gasteiger charge is -1.94. The van der Waals surface area contributed by atoms with Crippen LogP contribution >= 0.6 is 0 Å². The summed E-state index contributed by atoms with van der Waals surface area (Å²) in [5, 5.41) is 10.7. The summed E-state index contributed by atoms with van der Waals surface area (Å²) < 4.78 is 0. The standard InChI is InChI=1S/C8H9N.C2H4O2/c1-2-4-8-7(3-1)5-6-9-8;1-2(3)4/h1-4,9H,5-6H2;1H3,(H,3,4). The molecule has 1 aromatic carbocycles. The topological polar surface area (TPSA) is 49.3 Å². The van der Waals surface area contributed by atoms with Gasteiger partial charge in [0, 0.05) is 19.2 Å². The van der Waals surface area contributed by atoms with Crippen molar-refractivity contribution in [2.24, 2.45) is 0 Å². The van der Waals surface area contributed by atoms with Gasteiger partial charge >= 0.3 is 0 Å². The summed E-state index contributed by atoms with van der Waals surface area (Å²) >= 11 is 0. The molecule has 3 nitrogen and oxygen atoms in total. The van der Waals surface area contributed by atoms with Gasteiger partial charge in [0.15, 0.2) is 0 Å². The lowest BCUT2D eigenvalue weighted by molar-refractivity contribution is -0.134. The molecule has 1 aliphatic heterocycles. The quantitative estimate of drug-likeness (QED) is 0.637. The Kier molecular flexibility index (Phi) is 3.31. The molecule has 2 N–H and O–H groups in total. The van der Waals surface area contributed by atoms with E-state index in [1.54, 1.807) is 0 Å². The van der Waals surface area contributed by atoms with Crippen molar-refractivity contribution >= 4 is 11.7 Å². The highest BCUT2D eigenvalue weighted by molar-refractivity contribution is 5.62. The van der Waals surface area contributed by atoms with E-state index in [4.69, 9.17) is 9.90 Å². The van der Waals surface area contributed by atoms with Crippen molar-refractivity contribution in [2.75, 3.05) is 11.9 Å². The fraction of sp³-hybridized carbons (Fsp3) is 0.300. The number of hydrogen-bond donors (Lipinski definition) is 2. The van der Waals surface area contributed by atoms with Gasteiger partial charge in [-0.25, -0.2) is 0 Å². The van der Waals surface area contributed by atoms with Crippen LogP contribution < -0.4 is 5.32 Å². The number of fused-ring (bicyclic) bond motifs is 1. The van der Waals surface area contributed by atoms with Crippen molar-refractivity contribution in [3.63, 3.8) is 0 Å². The van der Waals surface area contributed by atoms with Gasteiger partial charge in [-0.1, -0.05) is 18.2 Å². The van der Waals surface area contributed by atoms with Crippen LogP contribution in [0.1, 0.15) is 12.5 Å². The fourth-order valence-corrected chi connectivity index (χ4v) is 1.24. The SMILES string of the molecule is CC(=O)O.c1ccc2c(c1)CCN2. The summed E-state index contributed by atoms with van der Waals surface area (Å²) in [6.07, 6.45) is 1.19. The third-order valence-corrected chi connectivity index (χ3v) is 1.73. The molecule has 70 valence electrons. The monoisotopic (exact) mass is 179 g/mol.